The summed E-state index contributed by atoms with van der Waals surface area (Å²) in [6, 6.07) is 0. The predicted octanol–water partition coefficient (Wildman–Crippen LogP) is 0.978. The summed E-state index contributed by atoms with van der Waals surface area (Å²) in [6.45, 7) is 3.92. The molecule has 5 heteroatoms. The molecule has 3 heterocycles. The zero-order chi connectivity index (χ0) is 10.9. The van der Waals surface area contributed by atoms with Gasteiger partial charge in [-0.25, -0.2) is 0 Å². The highest BCUT2D eigenvalue weighted by Gasteiger charge is 2.49. The van der Waals surface area contributed by atoms with E-state index >= 15 is 0 Å². The van der Waals surface area contributed by atoms with E-state index in [4.69, 9.17) is 19.3 Å². The Morgan fingerprint density at radius 1 is 1.27 bits per heavy atom. The molecule has 0 spiro atoms. The van der Waals surface area contributed by atoms with Crippen LogP contribution in [0.3, 0.4) is 0 Å². The Morgan fingerprint density at radius 3 is 2.27 bits per heavy atom. The van der Waals surface area contributed by atoms with E-state index in [2.05, 4.69) is 0 Å². The van der Waals surface area contributed by atoms with Gasteiger partial charge >= 0.3 is 5.97 Å². The van der Waals surface area contributed by atoms with Gasteiger partial charge < -0.3 is 19.3 Å². The molecule has 3 rings (SSSR count). The highest BCUT2D eigenvalue weighted by molar-refractivity contribution is 5.66. The van der Waals surface area contributed by atoms with E-state index < -0.39 is 11.9 Å². The van der Waals surface area contributed by atoms with Crippen LogP contribution in [-0.4, -0.2) is 36.9 Å². The van der Waals surface area contributed by atoms with Crippen LogP contribution < -0.4 is 0 Å². The first-order valence-electron chi connectivity index (χ1n) is 5.17. The van der Waals surface area contributed by atoms with Gasteiger partial charge in [0.05, 0.1) is 19.8 Å². The lowest BCUT2D eigenvalue weighted by atomic mass is 9.91. The van der Waals surface area contributed by atoms with Gasteiger partial charge in [-0.3, -0.25) is 4.79 Å². The van der Waals surface area contributed by atoms with Gasteiger partial charge in [0, 0.05) is 18.3 Å². The van der Waals surface area contributed by atoms with E-state index in [0.29, 0.717) is 32.7 Å². The van der Waals surface area contributed by atoms with Crippen molar-refractivity contribution in [2.24, 2.45) is 5.41 Å². The Hall–Kier alpha value is -0.650. The van der Waals surface area contributed by atoms with Crippen LogP contribution in [0.5, 0.6) is 0 Å². The van der Waals surface area contributed by atoms with Gasteiger partial charge in [0.15, 0.2) is 0 Å². The number of carbonyl (C=O) groups is 1. The molecule has 0 amide bonds. The van der Waals surface area contributed by atoms with Crippen molar-refractivity contribution in [3.63, 3.8) is 0 Å². The molecule has 0 atom stereocenters. The van der Waals surface area contributed by atoms with E-state index in [1.165, 1.54) is 0 Å². The number of carboxylic acid groups (broad SMARTS) is 1. The summed E-state index contributed by atoms with van der Waals surface area (Å²) in [5.41, 5.74) is -0.0332. The van der Waals surface area contributed by atoms with Crippen LogP contribution in [0.4, 0.5) is 0 Å². The third-order valence-corrected chi connectivity index (χ3v) is 2.80. The third-order valence-electron chi connectivity index (χ3n) is 2.80. The number of ether oxygens (including phenoxy) is 3. The summed E-state index contributed by atoms with van der Waals surface area (Å²) in [5, 5.41) is 8.53. The molecule has 15 heavy (non-hydrogen) atoms. The fourth-order valence-electron chi connectivity index (χ4n) is 1.78. The monoisotopic (exact) mass is 216 g/mol. The van der Waals surface area contributed by atoms with Crippen molar-refractivity contribution in [2.45, 2.75) is 32.2 Å². The topological polar surface area (TPSA) is 65.0 Å². The first-order chi connectivity index (χ1) is 7.04. The summed E-state index contributed by atoms with van der Waals surface area (Å²) in [6.07, 6.45) is 1.11. The fourth-order valence-corrected chi connectivity index (χ4v) is 1.78. The van der Waals surface area contributed by atoms with Gasteiger partial charge in [-0.05, 0) is 6.42 Å². The molecular weight excluding hydrogens is 200 g/mol. The van der Waals surface area contributed by atoms with Crippen molar-refractivity contribution in [3.05, 3.63) is 0 Å². The number of fused-ring (bicyclic) bond motifs is 3. The van der Waals surface area contributed by atoms with Crippen molar-refractivity contribution in [2.75, 3.05) is 19.8 Å². The second-order valence-corrected chi connectivity index (χ2v) is 4.61. The maximum atomic E-state index is 10.4. The Bertz CT molecular complexity index is 238. The quantitative estimate of drug-likeness (QED) is 0.758. The van der Waals surface area contributed by atoms with Gasteiger partial charge in [0.25, 0.3) is 5.97 Å². The largest absolute Gasteiger partial charge is 0.481 e. The average Bonchev–Trinajstić information content (AvgIpc) is 2.20. The third kappa shape index (κ3) is 2.30. The molecule has 0 saturated carbocycles. The van der Waals surface area contributed by atoms with Crippen molar-refractivity contribution >= 4 is 5.97 Å². The Morgan fingerprint density at radius 2 is 1.80 bits per heavy atom. The van der Waals surface area contributed by atoms with Crippen molar-refractivity contribution < 1.29 is 24.1 Å². The van der Waals surface area contributed by atoms with Crippen LogP contribution in [-0.2, 0) is 19.0 Å². The Labute approximate surface area is 88.3 Å². The van der Waals surface area contributed by atoms with Crippen LogP contribution in [0.1, 0.15) is 26.2 Å². The van der Waals surface area contributed by atoms with E-state index in [1.807, 2.05) is 6.92 Å². The maximum Gasteiger partial charge on any atom is 0.303 e. The molecule has 3 fully saturated rings. The molecule has 3 aliphatic rings. The lowest BCUT2D eigenvalue weighted by Crippen LogP contribution is -2.58. The molecule has 0 aromatic rings. The zero-order valence-corrected chi connectivity index (χ0v) is 8.82. The van der Waals surface area contributed by atoms with Crippen LogP contribution >= 0.6 is 0 Å². The van der Waals surface area contributed by atoms with Crippen molar-refractivity contribution in [1.82, 2.24) is 0 Å². The minimum absolute atomic E-state index is 0.0332. The van der Waals surface area contributed by atoms with E-state index in [9.17, 15) is 4.79 Å². The lowest BCUT2D eigenvalue weighted by molar-refractivity contribution is -0.467. The van der Waals surface area contributed by atoms with Crippen LogP contribution in [0.2, 0.25) is 0 Å². The number of aliphatic carboxylic acids is 1. The molecule has 5 nitrogen and oxygen atoms in total. The van der Waals surface area contributed by atoms with Gasteiger partial charge in [0.2, 0.25) is 0 Å². The van der Waals surface area contributed by atoms with E-state index in [1.54, 1.807) is 0 Å². The van der Waals surface area contributed by atoms with Crippen molar-refractivity contribution in [1.29, 1.82) is 0 Å². The van der Waals surface area contributed by atoms with Crippen molar-refractivity contribution in [3.8, 4) is 0 Å². The number of rotatable bonds is 4. The SMILES string of the molecule is CC12COC(CCCC(=O)O)(OC1)OC2. The zero-order valence-electron chi connectivity index (χ0n) is 8.82. The van der Waals surface area contributed by atoms with Gasteiger partial charge in [0.1, 0.15) is 0 Å². The molecule has 0 aromatic carbocycles. The minimum Gasteiger partial charge on any atom is -0.481 e. The highest BCUT2D eigenvalue weighted by atomic mass is 16.9. The first-order valence-corrected chi connectivity index (χ1v) is 5.17. The lowest BCUT2D eigenvalue weighted by Gasteiger charge is -2.50. The molecule has 3 aliphatic heterocycles. The van der Waals surface area contributed by atoms with Gasteiger partial charge in [-0.1, -0.05) is 6.92 Å². The summed E-state index contributed by atoms with van der Waals surface area (Å²) in [7, 11) is 0. The molecule has 0 aromatic heterocycles. The predicted molar refractivity (Wildman–Crippen MR) is 50.2 cm³/mol. The Balaban J connectivity index is 1.84. The molecule has 3 saturated heterocycles. The van der Waals surface area contributed by atoms with E-state index in [-0.39, 0.29) is 11.8 Å². The summed E-state index contributed by atoms with van der Waals surface area (Å²) >= 11 is 0. The Kier molecular flexibility index (Phi) is 2.70. The normalized spacial score (nSPS) is 39.3. The molecule has 0 aliphatic carbocycles. The first kappa shape index (κ1) is 10.9. The summed E-state index contributed by atoms with van der Waals surface area (Å²) < 4.78 is 16.5. The maximum absolute atomic E-state index is 10.4. The standard InChI is InChI=1S/C10H16O5/c1-9-5-13-10(14-6-9,15-7-9)4-2-3-8(11)12/h2-7H2,1H3,(H,11,12). The van der Waals surface area contributed by atoms with Crippen LogP contribution in [0.15, 0.2) is 0 Å². The highest BCUT2D eigenvalue weighted by Crippen LogP contribution is 2.40. The van der Waals surface area contributed by atoms with E-state index in [0.717, 1.165) is 0 Å². The van der Waals surface area contributed by atoms with Gasteiger partial charge in [-0.2, -0.15) is 0 Å². The molecule has 0 unspecified atom stereocenters. The number of carboxylic acids is 1. The molecule has 1 N–H and O–H groups in total. The fraction of sp³-hybridized carbons (Fsp3) is 0.900. The molecule has 2 bridgehead atoms. The minimum atomic E-state index is -0.965. The average molecular weight is 216 g/mol. The second kappa shape index (κ2) is 3.73. The molecular formula is C10H16O5. The smallest absolute Gasteiger partial charge is 0.303 e. The summed E-state index contributed by atoms with van der Waals surface area (Å²) in [4.78, 5) is 10.4. The number of hydrogen-bond donors (Lipinski definition) is 1. The summed E-state index contributed by atoms with van der Waals surface area (Å²) in [5.74, 6) is -1.77. The molecule has 86 valence electrons. The molecule has 0 radical (unpaired) electrons. The van der Waals surface area contributed by atoms with Gasteiger partial charge in [-0.15, -0.1) is 0 Å². The second-order valence-electron chi connectivity index (χ2n) is 4.61. The number of hydrogen-bond acceptors (Lipinski definition) is 4. The van der Waals surface area contributed by atoms with Crippen LogP contribution in [0, 0.1) is 5.41 Å². The van der Waals surface area contributed by atoms with Crippen LogP contribution in [0.25, 0.3) is 0 Å².